The van der Waals surface area contributed by atoms with E-state index >= 15 is 0 Å². The number of rotatable bonds is 4. The highest BCUT2D eigenvalue weighted by molar-refractivity contribution is 7.80. The van der Waals surface area contributed by atoms with Crippen LogP contribution in [0.25, 0.3) is 0 Å². The zero-order chi connectivity index (χ0) is 14.8. The van der Waals surface area contributed by atoms with Crippen LogP contribution in [-0.2, 0) is 6.54 Å². The summed E-state index contributed by atoms with van der Waals surface area (Å²) < 4.78 is 5.27. The van der Waals surface area contributed by atoms with Crippen molar-refractivity contribution in [1.82, 2.24) is 10.2 Å². The SMILES string of the molecule is COc1cccc(CN(C)C(=S)NC2CC3CCC2C3)c1. The molecule has 0 heterocycles. The van der Waals surface area contributed by atoms with Crippen molar-refractivity contribution < 1.29 is 4.74 Å². The second-order valence-corrected chi connectivity index (χ2v) is 6.83. The molecule has 2 saturated carbocycles. The van der Waals surface area contributed by atoms with E-state index in [-0.39, 0.29) is 0 Å². The summed E-state index contributed by atoms with van der Waals surface area (Å²) in [5.41, 5.74) is 1.22. The molecule has 21 heavy (non-hydrogen) atoms. The average Bonchev–Trinajstić information content (AvgIpc) is 3.10. The molecule has 0 aliphatic heterocycles. The zero-order valence-electron chi connectivity index (χ0n) is 12.8. The summed E-state index contributed by atoms with van der Waals surface area (Å²) in [6, 6.07) is 8.77. The van der Waals surface area contributed by atoms with Gasteiger partial charge in [0.15, 0.2) is 5.11 Å². The molecule has 0 spiro atoms. The fourth-order valence-corrected chi connectivity index (χ4v) is 4.02. The molecular weight excluding hydrogens is 280 g/mol. The lowest BCUT2D eigenvalue weighted by Crippen LogP contribution is -2.44. The van der Waals surface area contributed by atoms with Gasteiger partial charge in [0.25, 0.3) is 0 Å². The number of hydrogen-bond donors (Lipinski definition) is 1. The van der Waals surface area contributed by atoms with E-state index in [1.807, 2.05) is 12.1 Å². The van der Waals surface area contributed by atoms with Crippen LogP contribution in [0.1, 0.15) is 31.2 Å². The Balaban J connectivity index is 1.54. The molecule has 2 bridgehead atoms. The summed E-state index contributed by atoms with van der Waals surface area (Å²) in [4.78, 5) is 2.12. The highest BCUT2D eigenvalue weighted by Crippen LogP contribution is 2.44. The highest BCUT2D eigenvalue weighted by atomic mass is 32.1. The van der Waals surface area contributed by atoms with Gasteiger partial charge in [0.2, 0.25) is 0 Å². The number of nitrogens with zero attached hydrogens (tertiary/aromatic N) is 1. The maximum absolute atomic E-state index is 5.57. The van der Waals surface area contributed by atoms with Crippen LogP contribution in [0.15, 0.2) is 24.3 Å². The normalized spacial score (nSPS) is 26.7. The summed E-state index contributed by atoms with van der Waals surface area (Å²) in [5.74, 6) is 2.69. The summed E-state index contributed by atoms with van der Waals surface area (Å²) in [6.45, 7) is 0.809. The van der Waals surface area contributed by atoms with E-state index in [9.17, 15) is 0 Å². The second-order valence-electron chi connectivity index (χ2n) is 6.44. The van der Waals surface area contributed by atoms with Crippen LogP contribution in [-0.4, -0.2) is 30.2 Å². The number of nitrogens with one attached hydrogen (secondary N) is 1. The summed E-state index contributed by atoms with van der Waals surface area (Å²) >= 11 is 5.57. The van der Waals surface area contributed by atoms with Crippen molar-refractivity contribution in [1.29, 1.82) is 0 Å². The fraction of sp³-hybridized carbons (Fsp3) is 0.588. The molecule has 3 rings (SSSR count). The average molecular weight is 304 g/mol. The van der Waals surface area contributed by atoms with Crippen LogP contribution in [0.5, 0.6) is 5.75 Å². The molecule has 3 atom stereocenters. The molecule has 0 aromatic heterocycles. The monoisotopic (exact) mass is 304 g/mol. The van der Waals surface area contributed by atoms with Crippen LogP contribution < -0.4 is 10.1 Å². The minimum Gasteiger partial charge on any atom is -0.497 e. The Kier molecular flexibility index (Phi) is 4.34. The lowest BCUT2D eigenvalue weighted by atomic mass is 9.95. The minimum atomic E-state index is 0.601. The number of benzene rings is 1. The van der Waals surface area contributed by atoms with E-state index in [0.29, 0.717) is 6.04 Å². The van der Waals surface area contributed by atoms with Crippen molar-refractivity contribution in [3.8, 4) is 5.75 Å². The highest BCUT2D eigenvalue weighted by Gasteiger charge is 2.39. The molecule has 3 nitrogen and oxygen atoms in total. The van der Waals surface area contributed by atoms with E-state index in [1.54, 1.807) is 7.11 Å². The first kappa shape index (κ1) is 14.6. The van der Waals surface area contributed by atoms with E-state index in [0.717, 1.165) is 29.2 Å². The summed E-state index contributed by atoms with van der Waals surface area (Å²) in [7, 11) is 3.76. The molecule has 0 saturated heterocycles. The van der Waals surface area contributed by atoms with Gasteiger partial charge in [0, 0.05) is 19.6 Å². The van der Waals surface area contributed by atoms with Gasteiger partial charge in [-0.05, 0) is 61.0 Å². The van der Waals surface area contributed by atoms with Gasteiger partial charge < -0.3 is 15.0 Å². The lowest BCUT2D eigenvalue weighted by Gasteiger charge is -2.28. The Bertz CT molecular complexity index is 519. The summed E-state index contributed by atoms with van der Waals surface area (Å²) in [5, 5.41) is 4.46. The second kappa shape index (κ2) is 6.22. The zero-order valence-corrected chi connectivity index (χ0v) is 13.7. The first-order valence-corrected chi connectivity index (χ1v) is 8.21. The van der Waals surface area contributed by atoms with Gasteiger partial charge in [0.05, 0.1) is 7.11 Å². The third-order valence-electron chi connectivity index (χ3n) is 4.95. The molecule has 2 aliphatic carbocycles. The predicted octanol–water partition coefficient (Wildman–Crippen LogP) is 3.19. The topological polar surface area (TPSA) is 24.5 Å². The Hall–Kier alpha value is -1.29. The molecular formula is C17H24N2OS. The molecule has 3 unspecified atom stereocenters. The standard InChI is InChI=1S/C17H24N2OS/c1-19(11-13-4-3-5-15(9-13)20-2)17(21)18-16-10-12-6-7-14(16)8-12/h3-5,9,12,14,16H,6-8,10-11H2,1-2H3,(H,18,21). The van der Waals surface area contributed by atoms with Crippen molar-refractivity contribution in [3.05, 3.63) is 29.8 Å². The van der Waals surface area contributed by atoms with Crippen LogP contribution >= 0.6 is 12.2 Å². The number of ether oxygens (including phenoxy) is 1. The van der Waals surface area contributed by atoms with Crippen molar-refractivity contribution in [3.63, 3.8) is 0 Å². The third kappa shape index (κ3) is 3.31. The third-order valence-corrected chi connectivity index (χ3v) is 5.38. The summed E-state index contributed by atoms with van der Waals surface area (Å²) in [6.07, 6.45) is 5.51. The van der Waals surface area contributed by atoms with Gasteiger partial charge >= 0.3 is 0 Å². The van der Waals surface area contributed by atoms with Gasteiger partial charge in [-0.1, -0.05) is 18.6 Å². The van der Waals surface area contributed by atoms with Crippen LogP contribution in [0.4, 0.5) is 0 Å². The Morgan fingerprint density at radius 1 is 1.38 bits per heavy atom. The number of methoxy groups -OCH3 is 1. The maximum atomic E-state index is 5.57. The number of fused-ring (bicyclic) bond motifs is 2. The molecule has 114 valence electrons. The smallest absolute Gasteiger partial charge is 0.169 e. The van der Waals surface area contributed by atoms with E-state index < -0.39 is 0 Å². The van der Waals surface area contributed by atoms with Gasteiger partial charge in [-0.2, -0.15) is 0 Å². The molecule has 0 radical (unpaired) electrons. The Morgan fingerprint density at radius 2 is 2.24 bits per heavy atom. The van der Waals surface area contributed by atoms with Gasteiger partial charge in [0.1, 0.15) is 5.75 Å². The van der Waals surface area contributed by atoms with Crippen molar-refractivity contribution >= 4 is 17.3 Å². The quantitative estimate of drug-likeness (QED) is 0.864. The first-order valence-electron chi connectivity index (χ1n) is 7.80. The molecule has 1 aromatic carbocycles. The molecule has 4 heteroatoms. The minimum absolute atomic E-state index is 0.601. The number of hydrogen-bond acceptors (Lipinski definition) is 2. The first-order chi connectivity index (χ1) is 10.2. The fourth-order valence-electron chi connectivity index (χ4n) is 3.81. The molecule has 1 aromatic rings. The van der Waals surface area contributed by atoms with E-state index in [1.165, 1.54) is 31.2 Å². The molecule has 1 N–H and O–H groups in total. The Morgan fingerprint density at radius 3 is 2.90 bits per heavy atom. The molecule has 0 amide bonds. The molecule has 2 fully saturated rings. The largest absolute Gasteiger partial charge is 0.497 e. The van der Waals surface area contributed by atoms with Crippen LogP contribution in [0, 0.1) is 11.8 Å². The van der Waals surface area contributed by atoms with Gasteiger partial charge in [-0.3, -0.25) is 0 Å². The van der Waals surface area contributed by atoms with Crippen LogP contribution in [0.3, 0.4) is 0 Å². The van der Waals surface area contributed by atoms with Crippen LogP contribution in [0.2, 0.25) is 0 Å². The maximum Gasteiger partial charge on any atom is 0.169 e. The van der Waals surface area contributed by atoms with E-state index in [4.69, 9.17) is 17.0 Å². The molecule has 2 aliphatic rings. The Labute approximate surface area is 132 Å². The number of thiocarbonyl (C=S) groups is 1. The van der Waals surface area contributed by atoms with Crippen molar-refractivity contribution in [2.45, 2.75) is 38.3 Å². The lowest BCUT2D eigenvalue weighted by molar-refractivity contribution is 0.373. The van der Waals surface area contributed by atoms with E-state index in [2.05, 4.69) is 29.4 Å². The van der Waals surface area contributed by atoms with Gasteiger partial charge in [-0.25, -0.2) is 0 Å². The predicted molar refractivity (Wildman–Crippen MR) is 89.4 cm³/mol. The van der Waals surface area contributed by atoms with Gasteiger partial charge in [-0.15, -0.1) is 0 Å². The van der Waals surface area contributed by atoms with Crippen molar-refractivity contribution in [2.75, 3.05) is 14.2 Å². The van der Waals surface area contributed by atoms with Crippen molar-refractivity contribution in [2.24, 2.45) is 11.8 Å².